The van der Waals surface area contributed by atoms with Crippen LogP contribution in [0.5, 0.6) is 0 Å². The number of hydrogen-bond acceptors (Lipinski definition) is 6. The van der Waals surface area contributed by atoms with Crippen LogP contribution in [0, 0.1) is 17.1 Å². The monoisotopic (exact) mass is 448 g/mol. The number of nitrogens with zero attached hydrogens (tertiary/aromatic N) is 6. The first-order valence-corrected chi connectivity index (χ1v) is 9.89. The van der Waals surface area contributed by atoms with Crippen LogP contribution in [0.3, 0.4) is 0 Å². The SMILES string of the molecule is CC(Nc1ncnc2[nH]cc(C#N)c12)c1cc2ncc(Cl)n2c(=O)n1-c1cccc(F)c1. The Morgan fingerprint density at radius 2 is 2.12 bits per heavy atom. The zero-order valence-electron chi connectivity index (χ0n) is 16.5. The van der Waals surface area contributed by atoms with E-state index < -0.39 is 17.5 Å². The van der Waals surface area contributed by atoms with Crippen molar-refractivity contribution < 1.29 is 4.39 Å². The summed E-state index contributed by atoms with van der Waals surface area (Å²) in [7, 11) is 0. The van der Waals surface area contributed by atoms with Gasteiger partial charge in [-0.3, -0.25) is 4.57 Å². The van der Waals surface area contributed by atoms with E-state index in [0.717, 1.165) is 0 Å². The van der Waals surface area contributed by atoms with E-state index in [-0.39, 0.29) is 5.15 Å². The Morgan fingerprint density at radius 3 is 2.91 bits per heavy atom. The van der Waals surface area contributed by atoms with Crippen molar-refractivity contribution in [3.63, 3.8) is 0 Å². The van der Waals surface area contributed by atoms with E-state index in [4.69, 9.17) is 11.6 Å². The summed E-state index contributed by atoms with van der Waals surface area (Å²) in [6, 6.07) is 9.01. The maximum Gasteiger partial charge on any atom is 0.339 e. The fourth-order valence-electron chi connectivity index (χ4n) is 3.68. The van der Waals surface area contributed by atoms with Crippen LogP contribution in [0.2, 0.25) is 5.15 Å². The van der Waals surface area contributed by atoms with Crippen molar-refractivity contribution in [2.75, 3.05) is 5.32 Å². The average molecular weight is 449 g/mol. The molecule has 0 amide bonds. The van der Waals surface area contributed by atoms with Crippen LogP contribution < -0.4 is 11.0 Å². The summed E-state index contributed by atoms with van der Waals surface area (Å²) >= 11 is 6.16. The lowest BCUT2D eigenvalue weighted by atomic mass is 10.1. The number of rotatable bonds is 4. The molecule has 32 heavy (non-hydrogen) atoms. The summed E-state index contributed by atoms with van der Waals surface area (Å²) in [5.41, 5.74) is 1.57. The molecule has 0 fully saturated rings. The number of imidazole rings is 1. The van der Waals surface area contributed by atoms with Gasteiger partial charge in [0.05, 0.1) is 34.6 Å². The largest absolute Gasteiger partial charge is 0.361 e. The van der Waals surface area contributed by atoms with Crippen molar-refractivity contribution in [3.05, 3.63) is 81.8 Å². The third-order valence-electron chi connectivity index (χ3n) is 5.12. The van der Waals surface area contributed by atoms with Gasteiger partial charge in [0, 0.05) is 12.3 Å². The van der Waals surface area contributed by atoms with Gasteiger partial charge in [-0.15, -0.1) is 0 Å². The normalized spacial score (nSPS) is 12.2. The van der Waals surface area contributed by atoms with Crippen LogP contribution in [0.1, 0.15) is 24.2 Å². The summed E-state index contributed by atoms with van der Waals surface area (Å²) in [6.07, 6.45) is 4.30. The Kier molecular flexibility index (Phi) is 4.61. The molecule has 11 heteroatoms. The van der Waals surface area contributed by atoms with Crippen LogP contribution in [0.4, 0.5) is 10.2 Å². The van der Waals surface area contributed by atoms with Gasteiger partial charge in [-0.2, -0.15) is 5.26 Å². The predicted octanol–water partition coefficient (Wildman–Crippen LogP) is 3.59. The van der Waals surface area contributed by atoms with E-state index in [1.54, 1.807) is 18.3 Å². The molecule has 1 aromatic carbocycles. The topological polar surface area (TPSA) is 117 Å². The highest BCUT2D eigenvalue weighted by atomic mass is 35.5. The zero-order chi connectivity index (χ0) is 22.4. The van der Waals surface area contributed by atoms with Gasteiger partial charge in [-0.05, 0) is 25.1 Å². The molecular weight excluding hydrogens is 435 g/mol. The highest BCUT2D eigenvalue weighted by Crippen LogP contribution is 2.27. The number of aromatic nitrogens is 6. The highest BCUT2D eigenvalue weighted by Gasteiger charge is 2.20. The first kappa shape index (κ1) is 19.7. The lowest BCUT2D eigenvalue weighted by Gasteiger charge is -2.21. The molecule has 0 saturated carbocycles. The quantitative estimate of drug-likeness (QED) is 0.434. The third-order valence-corrected chi connectivity index (χ3v) is 5.38. The maximum atomic E-state index is 14.0. The Balaban J connectivity index is 1.70. The zero-order valence-corrected chi connectivity index (χ0v) is 17.3. The molecule has 1 atom stereocenters. The lowest BCUT2D eigenvalue weighted by molar-refractivity contribution is 0.624. The molecule has 5 aromatic rings. The van der Waals surface area contributed by atoms with Crippen molar-refractivity contribution in [2.24, 2.45) is 0 Å². The molecule has 5 rings (SSSR count). The average Bonchev–Trinajstić information content (AvgIpc) is 3.37. The summed E-state index contributed by atoms with van der Waals surface area (Å²) in [5, 5.41) is 13.3. The second-order valence-corrected chi connectivity index (χ2v) is 7.45. The molecule has 0 spiro atoms. The van der Waals surface area contributed by atoms with Gasteiger partial charge in [0.2, 0.25) is 0 Å². The second kappa shape index (κ2) is 7.47. The molecule has 9 nitrogen and oxygen atoms in total. The molecule has 4 aromatic heterocycles. The minimum Gasteiger partial charge on any atom is -0.361 e. The number of nitriles is 1. The molecule has 0 aliphatic carbocycles. The number of H-pyrrole nitrogens is 1. The number of aromatic amines is 1. The molecule has 0 bridgehead atoms. The maximum absolute atomic E-state index is 14.0. The van der Waals surface area contributed by atoms with Gasteiger partial charge >= 0.3 is 5.69 Å². The first-order valence-electron chi connectivity index (χ1n) is 9.51. The van der Waals surface area contributed by atoms with Crippen molar-refractivity contribution in [3.8, 4) is 11.8 Å². The fourth-order valence-corrected chi connectivity index (χ4v) is 3.88. The first-order chi connectivity index (χ1) is 15.5. The summed E-state index contributed by atoms with van der Waals surface area (Å²) in [4.78, 5) is 28.9. The van der Waals surface area contributed by atoms with E-state index in [9.17, 15) is 14.4 Å². The van der Waals surface area contributed by atoms with Crippen LogP contribution in [0.25, 0.3) is 22.4 Å². The lowest BCUT2D eigenvalue weighted by Crippen LogP contribution is -2.30. The van der Waals surface area contributed by atoms with E-state index in [1.807, 2.05) is 6.92 Å². The Bertz CT molecular complexity index is 1600. The Labute approximate surface area is 184 Å². The Morgan fingerprint density at radius 1 is 1.28 bits per heavy atom. The van der Waals surface area contributed by atoms with E-state index >= 15 is 0 Å². The minimum atomic E-state index is -0.494. The van der Waals surface area contributed by atoms with Crippen molar-refractivity contribution in [2.45, 2.75) is 13.0 Å². The standard InChI is InChI=1S/C21H14ClFN8O/c1-11(29-20-18-12(7-24)8-26-19(18)27-10-28-20)15-6-17-25-9-16(22)31(17)21(32)30(15)14-4-2-3-13(23)5-14/h2-6,8-11H,1H3,(H2,26,27,28,29). The smallest absolute Gasteiger partial charge is 0.339 e. The van der Waals surface area contributed by atoms with Gasteiger partial charge in [0.15, 0.2) is 0 Å². The predicted molar refractivity (Wildman–Crippen MR) is 116 cm³/mol. The van der Waals surface area contributed by atoms with E-state index in [1.165, 1.54) is 39.7 Å². The summed E-state index contributed by atoms with van der Waals surface area (Å²) in [6.45, 7) is 1.82. The Hall–Kier alpha value is -4.23. The van der Waals surface area contributed by atoms with E-state index in [2.05, 4.69) is 31.3 Å². The molecule has 2 N–H and O–H groups in total. The van der Waals surface area contributed by atoms with Crippen molar-refractivity contribution in [1.82, 2.24) is 28.9 Å². The molecule has 0 radical (unpaired) electrons. The molecular formula is C21H14ClFN8O. The number of fused-ring (bicyclic) bond motifs is 2. The van der Waals surface area contributed by atoms with E-state index in [0.29, 0.717) is 39.4 Å². The number of benzene rings is 1. The number of anilines is 1. The van der Waals surface area contributed by atoms with Gasteiger partial charge in [0.1, 0.15) is 40.5 Å². The van der Waals surface area contributed by atoms with Gasteiger partial charge < -0.3 is 10.3 Å². The third kappa shape index (κ3) is 3.07. The van der Waals surface area contributed by atoms with Crippen LogP contribution in [0.15, 0.2) is 53.8 Å². The highest BCUT2D eigenvalue weighted by molar-refractivity contribution is 6.29. The number of hydrogen-bond donors (Lipinski definition) is 2. The number of halogens is 2. The van der Waals surface area contributed by atoms with Gasteiger partial charge in [-0.1, -0.05) is 17.7 Å². The minimum absolute atomic E-state index is 0.144. The van der Waals surface area contributed by atoms with Crippen molar-refractivity contribution in [1.29, 1.82) is 5.26 Å². The van der Waals surface area contributed by atoms with Gasteiger partial charge in [0.25, 0.3) is 0 Å². The molecule has 4 heterocycles. The summed E-state index contributed by atoms with van der Waals surface area (Å²) in [5.74, 6) is -0.0685. The van der Waals surface area contributed by atoms with Crippen LogP contribution in [-0.4, -0.2) is 28.9 Å². The molecule has 1 unspecified atom stereocenters. The fraction of sp³-hybridized carbons (Fsp3) is 0.0952. The summed E-state index contributed by atoms with van der Waals surface area (Å²) < 4.78 is 16.6. The molecule has 0 aliphatic rings. The van der Waals surface area contributed by atoms with Crippen molar-refractivity contribution >= 4 is 34.1 Å². The van der Waals surface area contributed by atoms with Crippen LogP contribution in [-0.2, 0) is 0 Å². The van der Waals surface area contributed by atoms with Gasteiger partial charge in [-0.25, -0.2) is 28.5 Å². The molecule has 0 aliphatic heterocycles. The molecule has 158 valence electrons. The molecule has 0 saturated heterocycles. The number of nitrogens with one attached hydrogen (secondary N) is 2. The second-order valence-electron chi connectivity index (χ2n) is 7.07. The van der Waals surface area contributed by atoms with Crippen LogP contribution >= 0.6 is 11.6 Å².